The van der Waals surface area contributed by atoms with Crippen LogP contribution in [0.1, 0.15) is 36.1 Å². The van der Waals surface area contributed by atoms with Gasteiger partial charge in [-0.25, -0.2) is 0 Å². The molecule has 2 heteroatoms. The zero-order chi connectivity index (χ0) is 11.0. The summed E-state index contributed by atoms with van der Waals surface area (Å²) in [5.41, 5.74) is 5.86. The van der Waals surface area contributed by atoms with E-state index in [4.69, 9.17) is 0 Å². The molecule has 0 unspecified atom stereocenters. The molecule has 6 bridgehead atoms. The Kier molecular flexibility index (Phi) is 1.24. The molecule has 0 spiro atoms. The predicted molar refractivity (Wildman–Crippen MR) is 67.4 cm³/mol. The summed E-state index contributed by atoms with van der Waals surface area (Å²) >= 11 is 0. The van der Waals surface area contributed by atoms with Gasteiger partial charge in [0, 0.05) is 10.9 Å². The van der Waals surface area contributed by atoms with Crippen molar-refractivity contribution in [2.45, 2.75) is 26.7 Å². The maximum absolute atomic E-state index is 10.9. The molecule has 0 aromatic heterocycles. The van der Waals surface area contributed by atoms with Crippen LogP contribution in [0.25, 0.3) is 33.3 Å². The first kappa shape index (κ1) is 8.45. The normalized spacial score (nSPS) is 14.8. The van der Waals surface area contributed by atoms with Crippen molar-refractivity contribution in [2.24, 2.45) is 5.18 Å². The van der Waals surface area contributed by atoms with E-state index < -0.39 is 0 Å². The first-order chi connectivity index (χ1) is 7.83. The monoisotopic (exact) mass is 209 g/mol. The molecular weight excluding hydrogens is 198 g/mol. The second-order valence-electron chi connectivity index (χ2n) is 4.57. The summed E-state index contributed by atoms with van der Waals surface area (Å²) in [7, 11) is 0. The van der Waals surface area contributed by atoms with Crippen molar-refractivity contribution in [1.82, 2.24) is 0 Å². The molecule has 16 heavy (non-hydrogen) atoms. The third-order valence-electron chi connectivity index (χ3n) is 4.09. The van der Waals surface area contributed by atoms with Gasteiger partial charge < -0.3 is 0 Å². The average molecular weight is 209 g/mol. The van der Waals surface area contributed by atoms with Crippen LogP contribution >= 0.6 is 0 Å². The SMILES string of the molecule is CCc1c2c3c1c1c(c(CC)c31)C(N=O)=C2. The number of benzene rings is 2. The molecule has 0 aliphatic heterocycles. The van der Waals surface area contributed by atoms with Crippen molar-refractivity contribution in [3.05, 3.63) is 27.2 Å². The van der Waals surface area contributed by atoms with Crippen LogP contribution in [0, 0.1) is 4.91 Å². The predicted octanol–water partition coefficient (Wildman–Crippen LogP) is 4.01. The summed E-state index contributed by atoms with van der Waals surface area (Å²) in [6, 6.07) is 0. The summed E-state index contributed by atoms with van der Waals surface area (Å²) in [5, 5.41) is 8.85. The lowest BCUT2D eigenvalue weighted by atomic mass is 9.73. The van der Waals surface area contributed by atoms with Crippen LogP contribution in [0.15, 0.2) is 5.18 Å². The number of hydrogen-bond donors (Lipinski definition) is 0. The fraction of sp³-hybridized carbons (Fsp3) is 0.286. The lowest BCUT2D eigenvalue weighted by Crippen LogP contribution is -2.08. The van der Waals surface area contributed by atoms with Crippen molar-refractivity contribution in [2.75, 3.05) is 0 Å². The maximum atomic E-state index is 10.9. The lowest BCUT2D eigenvalue weighted by Gasteiger charge is -2.30. The Hall–Kier alpha value is -1.70. The highest BCUT2D eigenvalue weighted by atomic mass is 16.3. The van der Waals surface area contributed by atoms with Crippen molar-refractivity contribution in [3.63, 3.8) is 0 Å². The molecule has 0 atom stereocenters. The van der Waals surface area contributed by atoms with Gasteiger partial charge in [-0.15, -0.1) is 4.91 Å². The van der Waals surface area contributed by atoms with Gasteiger partial charge >= 0.3 is 0 Å². The molecule has 3 aliphatic rings. The van der Waals surface area contributed by atoms with Crippen LogP contribution in [-0.2, 0) is 12.8 Å². The first-order valence-corrected chi connectivity index (χ1v) is 5.85. The molecule has 3 aromatic rings. The Bertz CT molecular complexity index is 723. The third kappa shape index (κ3) is 0.574. The van der Waals surface area contributed by atoms with Crippen LogP contribution in [0.5, 0.6) is 0 Å². The summed E-state index contributed by atoms with van der Waals surface area (Å²) in [4.78, 5) is 10.9. The smallest absolute Gasteiger partial charge is 0.116 e. The largest absolute Gasteiger partial charge is 0.145 e. The highest BCUT2D eigenvalue weighted by molar-refractivity contribution is 6.42. The molecule has 0 saturated heterocycles. The van der Waals surface area contributed by atoms with Crippen molar-refractivity contribution in [1.29, 1.82) is 0 Å². The highest BCUT2D eigenvalue weighted by Gasteiger charge is 2.37. The van der Waals surface area contributed by atoms with Gasteiger partial charge in [0.25, 0.3) is 0 Å². The minimum Gasteiger partial charge on any atom is -0.145 e. The molecular formula is C14H11NO. The van der Waals surface area contributed by atoms with Crippen molar-refractivity contribution < 1.29 is 0 Å². The second kappa shape index (κ2) is 2.34. The van der Waals surface area contributed by atoms with Gasteiger partial charge in [0.2, 0.25) is 0 Å². The van der Waals surface area contributed by atoms with Crippen molar-refractivity contribution in [3.8, 4) is 0 Å². The van der Waals surface area contributed by atoms with Gasteiger partial charge in [0.15, 0.2) is 0 Å². The Labute approximate surface area is 92.9 Å². The Balaban J connectivity index is 2.15. The lowest BCUT2D eigenvalue weighted by molar-refractivity contribution is 1.13. The van der Waals surface area contributed by atoms with E-state index >= 15 is 0 Å². The van der Waals surface area contributed by atoms with E-state index in [1.54, 1.807) is 0 Å². The van der Waals surface area contributed by atoms with E-state index in [0.717, 1.165) is 18.4 Å². The van der Waals surface area contributed by atoms with E-state index in [2.05, 4.69) is 19.0 Å². The third-order valence-corrected chi connectivity index (χ3v) is 4.09. The molecule has 0 heterocycles. The quantitative estimate of drug-likeness (QED) is 0.599. The summed E-state index contributed by atoms with van der Waals surface area (Å²) in [5.74, 6) is 0. The van der Waals surface area contributed by atoms with Crippen molar-refractivity contribution >= 4 is 33.3 Å². The van der Waals surface area contributed by atoms with Crippen LogP contribution in [0.2, 0.25) is 0 Å². The average Bonchev–Trinajstić information content (AvgIpc) is 2.59. The zero-order valence-corrected chi connectivity index (χ0v) is 9.35. The maximum Gasteiger partial charge on any atom is 0.116 e. The number of hydrogen-bond acceptors (Lipinski definition) is 2. The molecule has 6 rings (SSSR count). The molecule has 0 radical (unpaired) electrons. The molecule has 0 amide bonds. The van der Waals surface area contributed by atoms with Crippen LogP contribution < -0.4 is 0 Å². The first-order valence-electron chi connectivity index (χ1n) is 5.85. The fourth-order valence-electron chi connectivity index (χ4n) is 3.44. The van der Waals surface area contributed by atoms with Gasteiger partial charge in [-0.2, -0.15) is 0 Å². The Morgan fingerprint density at radius 1 is 1.00 bits per heavy atom. The van der Waals surface area contributed by atoms with Gasteiger partial charge in [-0.05, 0) is 56.9 Å². The van der Waals surface area contributed by atoms with E-state index in [1.807, 2.05) is 6.08 Å². The van der Waals surface area contributed by atoms with Gasteiger partial charge in [-0.3, -0.25) is 0 Å². The number of nitrogens with zero attached hydrogens (tertiary/aromatic N) is 1. The molecule has 3 aromatic carbocycles. The molecule has 78 valence electrons. The molecule has 0 saturated carbocycles. The summed E-state index contributed by atoms with van der Waals surface area (Å²) < 4.78 is 0. The molecule has 0 N–H and O–H groups in total. The standard InChI is InChI=1S/C14H11NO/c1-3-6-8-5-9(15-16)10-7(4-2)12-13(8)11(6)14(10)12/h5H,3-4H2,1-2H3. The van der Waals surface area contributed by atoms with E-state index in [-0.39, 0.29) is 0 Å². The highest BCUT2D eigenvalue weighted by Crippen LogP contribution is 2.59. The van der Waals surface area contributed by atoms with E-state index in [0.29, 0.717) is 5.70 Å². The number of nitroso groups, excluding NO2 is 1. The van der Waals surface area contributed by atoms with Gasteiger partial charge in [-0.1, -0.05) is 13.8 Å². The second-order valence-corrected chi connectivity index (χ2v) is 4.57. The van der Waals surface area contributed by atoms with Crippen LogP contribution in [-0.4, -0.2) is 0 Å². The number of rotatable bonds is 3. The van der Waals surface area contributed by atoms with Crippen LogP contribution in [0.3, 0.4) is 0 Å². The van der Waals surface area contributed by atoms with E-state index in [1.165, 1.54) is 38.2 Å². The minimum atomic E-state index is 0.652. The van der Waals surface area contributed by atoms with Gasteiger partial charge in [0.1, 0.15) is 5.70 Å². The molecule has 0 fully saturated rings. The molecule has 3 aliphatic carbocycles. The zero-order valence-electron chi connectivity index (χ0n) is 9.35. The molecule has 2 nitrogen and oxygen atoms in total. The van der Waals surface area contributed by atoms with Gasteiger partial charge in [0.05, 0.1) is 0 Å². The fourth-order valence-corrected chi connectivity index (χ4v) is 3.44. The number of aryl methyl sites for hydroxylation is 2. The van der Waals surface area contributed by atoms with Crippen LogP contribution in [0.4, 0.5) is 0 Å². The summed E-state index contributed by atoms with van der Waals surface area (Å²) in [6.45, 7) is 4.32. The summed E-state index contributed by atoms with van der Waals surface area (Å²) in [6.07, 6.45) is 4.05. The van der Waals surface area contributed by atoms with E-state index in [9.17, 15) is 4.91 Å². The Morgan fingerprint density at radius 3 is 2.31 bits per heavy atom. The topological polar surface area (TPSA) is 29.4 Å². The Morgan fingerprint density at radius 2 is 1.69 bits per heavy atom. The minimum absolute atomic E-state index is 0.652.